The lowest BCUT2D eigenvalue weighted by Crippen LogP contribution is -2.16. The van der Waals surface area contributed by atoms with Crippen LogP contribution in [-0.2, 0) is 6.42 Å². The Bertz CT molecular complexity index is 780. The van der Waals surface area contributed by atoms with Gasteiger partial charge >= 0.3 is 0 Å². The lowest BCUT2D eigenvalue weighted by atomic mass is 9.89. The summed E-state index contributed by atoms with van der Waals surface area (Å²) in [5.41, 5.74) is 17.5. The molecule has 0 aromatic carbocycles. The van der Waals surface area contributed by atoms with Crippen LogP contribution in [0.3, 0.4) is 0 Å². The summed E-state index contributed by atoms with van der Waals surface area (Å²) in [4.78, 5) is 1.05. The van der Waals surface area contributed by atoms with Crippen LogP contribution in [0.25, 0.3) is 5.57 Å². The van der Waals surface area contributed by atoms with Crippen LogP contribution in [0.5, 0.6) is 0 Å². The third kappa shape index (κ3) is 2.08. The summed E-state index contributed by atoms with van der Waals surface area (Å²) in [6.07, 6.45) is 1.68. The van der Waals surface area contributed by atoms with Crippen molar-refractivity contribution < 1.29 is 4.42 Å². The predicted molar refractivity (Wildman–Crippen MR) is 87.9 cm³/mol. The van der Waals surface area contributed by atoms with Gasteiger partial charge in [-0.05, 0) is 50.8 Å². The van der Waals surface area contributed by atoms with E-state index in [4.69, 9.17) is 21.3 Å². The third-order valence-electron chi connectivity index (χ3n) is 4.06. The number of nitrogens with one attached hydrogen (secondary N) is 1. The highest BCUT2D eigenvalue weighted by Crippen LogP contribution is 2.42. The number of thiophene rings is 1. The molecular formula is C16H19N3OS. The fraction of sp³-hybridized carbons (Fsp3) is 0.312. The van der Waals surface area contributed by atoms with Crippen LogP contribution >= 0.6 is 11.3 Å². The van der Waals surface area contributed by atoms with E-state index in [1.54, 1.807) is 0 Å². The van der Waals surface area contributed by atoms with Gasteiger partial charge in [-0.2, -0.15) is 0 Å². The first-order valence-electron chi connectivity index (χ1n) is 6.93. The number of fused-ring (bicyclic) bond motifs is 1. The van der Waals surface area contributed by atoms with Gasteiger partial charge in [0.1, 0.15) is 11.5 Å². The highest BCUT2D eigenvalue weighted by atomic mass is 32.1. The number of hydrogen-bond acceptors (Lipinski definition) is 5. The van der Waals surface area contributed by atoms with Crippen LogP contribution in [0.1, 0.15) is 39.5 Å². The van der Waals surface area contributed by atoms with E-state index in [2.05, 4.69) is 0 Å². The number of allylic oxidation sites excluding steroid dienone is 2. The predicted octanol–water partition coefficient (Wildman–Crippen LogP) is 3.53. The third-order valence-corrected chi connectivity index (χ3v) is 5.24. The summed E-state index contributed by atoms with van der Waals surface area (Å²) in [7, 11) is 0. The van der Waals surface area contributed by atoms with Gasteiger partial charge < -0.3 is 15.9 Å². The maximum Gasteiger partial charge on any atom is 0.110 e. The van der Waals surface area contributed by atoms with E-state index in [1.165, 1.54) is 16.9 Å². The van der Waals surface area contributed by atoms with Gasteiger partial charge in [0.15, 0.2) is 0 Å². The van der Waals surface area contributed by atoms with Crippen molar-refractivity contribution in [2.45, 2.75) is 33.6 Å². The maximum atomic E-state index is 8.59. The van der Waals surface area contributed by atoms with E-state index < -0.39 is 0 Å². The van der Waals surface area contributed by atoms with Crippen molar-refractivity contribution in [3.63, 3.8) is 0 Å². The van der Waals surface area contributed by atoms with Crippen molar-refractivity contribution in [2.24, 2.45) is 5.73 Å². The molecule has 0 aliphatic heterocycles. The van der Waals surface area contributed by atoms with E-state index in [0.29, 0.717) is 5.71 Å². The second-order valence-electron chi connectivity index (χ2n) is 5.50. The van der Waals surface area contributed by atoms with E-state index >= 15 is 0 Å². The standard InChI is InChI=1S/C16H19N3OS/c1-7-6-11(9(3)20-7)14(18)13-12(17)5-4-10-8(2)16(19)21-15(10)13/h6,18H,4-5,17,19H2,1-3H3. The molecule has 4 nitrogen and oxygen atoms in total. The summed E-state index contributed by atoms with van der Waals surface area (Å²) in [5, 5.41) is 9.41. The Morgan fingerprint density at radius 1 is 1.24 bits per heavy atom. The van der Waals surface area contributed by atoms with Crippen LogP contribution < -0.4 is 11.5 Å². The molecule has 0 spiro atoms. The first-order valence-corrected chi connectivity index (χ1v) is 7.74. The van der Waals surface area contributed by atoms with Gasteiger partial charge in [-0.1, -0.05) is 0 Å². The number of nitrogen functional groups attached to an aromatic ring is 1. The summed E-state index contributed by atoms with van der Waals surface area (Å²) in [5.74, 6) is 1.57. The van der Waals surface area contributed by atoms with E-state index in [9.17, 15) is 0 Å². The van der Waals surface area contributed by atoms with Crippen molar-refractivity contribution in [2.75, 3.05) is 5.73 Å². The zero-order valence-electron chi connectivity index (χ0n) is 12.5. The average molecular weight is 301 g/mol. The number of nitrogens with two attached hydrogens (primary N) is 2. The van der Waals surface area contributed by atoms with Crippen molar-refractivity contribution in [1.82, 2.24) is 0 Å². The minimum absolute atomic E-state index is 0.434. The lowest BCUT2D eigenvalue weighted by molar-refractivity contribution is 0.504. The molecule has 0 radical (unpaired) electrons. The Labute approximate surface area is 128 Å². The molecule has 3 rings (SSSR count). The van der Waals surface area contributed by atoms with Crippen LogP contribution in [0.4, 0.5) is 5.00 Å². The van der Waals surface area contributed by atoms with Crippen molar-refractivity contribution in [3.05, 3.63) is 44.9 Å². The molecule has 2 heterocycles. The van der Waals surface area contributed by atoms with Crippen LogP contribution in [0.15, 0.2) is 16.2 Å². The van der Waals surface area contributed by atoms with E-state index in [1.807, 2.05) is 26.8 Å². The van der Waals surface area contributed by atoms with Gasteiger partial charge in [0, 0.05) is 21.7 Å². The highest BCUT2D eigenvalue weighted by molar-refractivity contribution is 7.17. The van der Waals surface area contributed by atoms with Crippen LogP contribution in [0, 0.1) is 26.2 Å². The van der Waals surface area contributed by atoms with Gasteiger partial charge in [-0.15, -0.1) is 11.3 Å². The molecule has 0 saturated heterocycles. The molecule has 0 atom stereocenters. The minimum atomic E-state index is 0.434. The fourth-order valence-corrected chi connectivity index (χ4v) is 4.10. The second-order valence-corrected chi connectivity index (χ2v) is 6.55. The number of hydrogen-bond donors (Lipinski definition) is 3. The summed E-state index contributed by atoms with van der Waals surface area (Å²) in [6, 6.07) is 1.90. The minimum Gasteiger partial charge on any atom is -0.466 e. The fourth-order valence-electron chi connectivity index (χ4n) is 2.89. The van der Waals surface area contributed by atoms with Crippen molar-refractivity contribution in [1.29, 1.82) is 5.41 Å². The molecule has 2 aromatic rings. The van der Waals surface area contributed by atoms with Crippen LogP contribution in [-0.4, -0.2) is 5.71 Å². The normalized spacial score (nSPS) is 14.4. The first-order chi connectivity index (χ1) is 9.90. The molecule has 0 saturated carbocycles. The molecular weight excluding hydrogens is 282 g/mol. The molecule has 2 aromatic heterocycles. The Morgan fingerprint density at radius 2 is 1.95 bits per heavy atom. The number of aryl methyl sites for hydroxylation is 2. The zero-order valence-corrected chi connectivity index (χ0v) is 13.3. The monoisotopic (exact) mass is 301 g/mol. The SMILES string of the molecule is Cc1cc(C(=N)C2=C(N)CCc3c2sc(N)c3C)c(C)o1. The largest absolute Gasteiger partial charge is 0.466 e. The summed E-state index contributed by atoms with van der Waals surface area (Å²) >= 11 is 1.53. The Balaban J connectivity index is 2.15. The molecule has 0 amide bonds. The zero-order chi connectivity index (χ0) is 15.3. The molecule has 5 N–H and O–H groups in total. The van der Waals surface area contributed by atoms with E-state index in [0.717, 1.165) is 56.6 Å². The smallest absolute Gasteiger partial charge is 0.110 e. The Hall–Kier alpha value is -2.01. The summed E-state index contributed by atoms with van der Waals surface area (Å²) < 4.78 is 5.55. The van der Waals surface area contributed by atoms with Gasteiger partial charge in [0.25, 0.3) is 0 Å². The van der Waals surface area contributed by atoms with Crippen LogP contribution in [0.2, 0.25) is 0 Å². The van der Waals surface area contributed by atoms with Crippen molar-refractivity contribution >= 4 is 27.6 Å². The molecule has 0 fully saturated rings. The van der Waals surface area contributed by atoms with E-state index in [-0.39, 0.29) is 0 Å². The van der Waals surface area contributed by atoms with Crippen molar-refractivity contribution in [3.8, 4) is 0 Å². The lowest BCUT2D eigenvalue weighted by Gasteiger charge is -2.19. The number of anilines is 1. The van der Waals surface area contributed by atoms with Gasteiger partial charge in [0.05, 0.1) is 10.7 Å². The number of rotatable bonds is 2. The van der Waals surface area contributed by atoms with Gasteiger partial charge in [-0.25, -0.2) is 0 Å². The molecule has 5 heteroatoms. The molecule has 0 unspecified atom stereocenters. The average Bonchev–Trinajstić information content (AvgIpc) is 2.89. The number of furan rings is 1. The molecule has 110 valence electrons. The Kier molecular flexibility index (Phi) is 3.17. The first kappa shape index (κ1) is 13.9. The molecule has 1 aliphatic carbocycles. The Morgan fingerprint density at radius 3 is 2.57 bits per heavy atom. The molecule has 0 bridgehead atoms. The van der Waals surface area contributed by atoms with Gasteiger partial charge in [0.2, 0.25) is 0 Å². The van der Waals surface area contributed by atoms with Gasteiger partial charge in [-0.3, -0.25) is 5.41 Å². The quantitative estimate of drug-likeness (QED) is 0.741. The maximum absolute atomic E-state index is 8.59. The highest BCUT2D eigenvalue weighted by Gasteiger charge is 2.27. The molecule has 21 heavy (non-hydrogen) atoms. The topological polar surface area (TPSA) is 89.0 Å². The second kappa shape index (κ2) is 4.77. The molecule has 1 aliphatic rings. The summed E-state index contributed by atoms with van der Waals surface area (Å²) in [6.45, 7) is 5.81.